The first-order valence-electron chi connectivity index (χ1n) is 5.90. The Hall–Kier alpha value is -1.62. The van der Waals surface area contributed by atoms with E-state index in [4.69, 9.17) is 23.2 Å². The highest BCUT2D eigenvalue weighted by Crippen LogP contribution is 2.18. The van der Waals surface area contributed by atoms with Gasteiger partial charge in [-0.3, -0.25) is 4.79 Å². The number of aliphatic hydroxyl groups excluding tert-OH is 1. The quantitative estimate of drug-likeness (QED) is 0.854. The molecule has 6 heteroatoms. The zero-order chi connectivity index (χ0) is 14.5. The van der Waals surface area contributed by atoms with Crippen molar-refractivity contribution in [1.82, 2.24) is 10.3 Å². The summed E-state index contributed by atoms with van der Waals surface area (Å²) in [4.78, 5) is 16.0. The molecule has 0 aliphatic rings. The number of benzene rings is 1. The Kier molecular flexibility index (Phi) is 4.95. The molecule has 0 aliphatic carbocycles. The molecular formula is C14H12Cl2N2O2. The largest absolute Gasteiger partial charge is 0.394 e. The molecule has 0 aliphatic heterocycles. The number of rotatable bonds is 4. The van der Waals surface area contributed by atoms with Crippen LogP contribution in [0.3, 0.4) is 0 Å². The zero-order valence-electron chi connectivity index (χ0n) is 10.4. The van der Waals surface area contributed by atoms with Gasteiger partial charge in [-0.05, 0) is 17.7 Å². The minimum atomic E-state index is -0.527. The molecule has 4 nitrogen and oxygen atoms in total. The van der Waals surface area contributed by atoms with Crippen molar-refractivity contribution in [1.29, 1.82) is 0 Å². The Morgan fingerprint density at radius 2 is 1.90 bits per heavy atom. The number of carbonyl (C=O) groups excluding carboxylic acids is 1. The SMILES string of the molecule is O=C(N[C@@H](CO)c1ccccc1)c1nc(Cl)ccc1Cl. The average molecular weight is 311 g/mol. The second-order valence-electron chi connectivity index (χ2n) is 4.08. The van der Waals surface area contributed by atoms with E-state index in [0.29, 0.717) is 0 Å². The van der Waals surface area contributed by atoms with Gasteiger partial charge in [0.05, 0.1) is 17.7 Å². The summed E-state index contributed by atoms with van der Waals surface area (Å²) < 4.78 is 0. The maximum absolute atomic E-state index is 12.1. The lowest BCUT2D eigenvalue weighted by atomic mass is 10.1. The van der Waals surface area contributed by atoms with Crippen LogP contribution in [0, 0.1) is 0 Å². The van der Waals surface area contributed by atoms with Crippen molar-refractivity contribution in [2.24, 2.45) is 0 Å². The van der Waals surface area contributed by atoms with Gasteiger partial charge < -0.3 is 10.4 Å². The van der Waals surface area contributed by atoms with Crippen LogP contribution in [-0.4, -0.2) is 22.6 Å². The van der Waals surface area contributed by atoms with E-state index in [1.807, 2.05) is 30.3 Å². The van der Waals surface area contributed by atoms with Crippen LogP contribution < -0.4 is 5.32 Å². The van der Waals surface area contributed by atoms with Crippen molar-refractivity contribution in [3.8, 4) is 0 Å². The minimum Gasteiger partial charge on any atom is -0.394 e. The molecular weight excluding hydrogens is 299 g/mol. The molecule has 1 amide bonds. The molecule has 1 heterocycles. The molecule has 0 saturated carbocycles. The van der Waals surface area contributed by atoms with Crippen LogP contribution in [0.5, 0.6) is 0 Å². The van der Waals surface area contributed by atoms with Crippen molar-refractivity contribution in [2.75, 3.05) is 6.61 Å². The fraction of sp³-hybridized carbons (Fsp3) is 0.143. The topological polar surface area (TPSA) is 62.2 Å². The molecule has 2 aromatic rings. The second-order valence-corrected chi connectivity index (χ2v) is 4.88. The Bertz CT molecular complexity index is 605. The summed E-state index contributed by atoms with van der Waals surface area (Å²) in [5.74, 6) is -0.486. The Morgan fingerprint density at radius 1 is 1.20 bits per heavy atom. The number of hydrogen-bond donors (Lipinski definition) is 2. The number of halogens is 2. The third-order valence-electron chi connectivity index (χ3n) is 2.72. The molecule has 1 aromatic heterocycles. The zero-order valence-corrected chi connectivity index (χ0v) is 11.9. The van der Waals surface area contributed by atoms with Gasteiger partial charge in [-0.15, -0.1) is 0 Å². The first kappa shape index (κ1) is 14.8. The lowest BCUT2D eigenvalue weighted by molar-refractivity contribution is 0.0911. The lowest BCUT2D eigenvalue weighted by Crippen LogP contribution is -2.31. The van der Waals surface area contributed by atoms with Crippen molar-refractivity contribution in [3.63, 3.8) is 0 Å². The second kappa shape index (κ2) is 6.70. The molecule has 0 unspecified atom stereocenters. The van der Waals surface area contributed by atoms with E-state index in [1.165, 1.54) is 12.1 Å². The molecule has 104 valence electrons. The van der Waals surface area contributed by atoms with Gasteiger partial charge in [-0.25, -0.2) is 4.98 Å². The number of amides is 1. The van der Waals surface area contributed by atoms with Gasteiger partial charge in [0.1, 0.15) is 10.8 Å². The molecule has 2 rings (SSSR count). The van der Waals surface area contributed by atoms with Crippen LogP contribution in [0.15, 0.2) is 42.5 Å². The van der Waals surface area contributed by atoms with Crippen LogP contribution in [0.1, 0.15) is 22.1 Å². The van der Waals surface area contributed by atoms with E-state index in [0.717, 1.165) is 5.56 Å². The highest BCUT2D eigenvalue weighted by Gasteiger charge is 2.18. The molecule has 0 spiro atoms. The lowest BCUT2D eigenvalue weighted by Gasteiger charge is -2.16. The number of aliphatic hydroxyl groups is 1. The summed E-state index contributed by atoms with van der Waals surface area (Å²) in [5, 5.41) is 12.5. The third kappa shape index (κ3) is 3.48. The van der Waals surface area contributed by atoms with Crippen molar-refractivity contribution < 1.29 is 9.90 Å². The Morgan fingerprint density at radius 3 is 2.55 bits per heavy atom. The Balaban J connectivity index is 2.20. The normalized spacial score (nSPS) is 11.9. The van der Waals surface area contributed by atoms with Crippen LogP contribution in [0.4, 0.5) is 0 Å². The molecule has 0 saturated heterocycles. The van der Waals surface area contributed by atoms with E-state index in [-0.39, 0.29) is 22.5 Å². The van der Waals surface area contributed by atoms with Gasteiger partial charge in [-0.1, -0.05) is 53.5 Å². The van der Waals surface area contributed by atoms with E-state index in [2.05, 4.69) is 10.3 Å². The van der Waals surface area contributed by atoms with Crippen molar-refractivity contribution >= 4 is 29.1 Å². The number of aromatic nitrogens is 1. The highest BCUT2D eigenvalue weighted by molar-refractivity contribution is 6.34. The molecule has 0 radical (unpaired) electrons. The van der Waals surface area contributed by atoms with E-state index < -0.39 is 11.9 Å². The van der Waals surface area contributed by atoms with Gasteiger partial charge in [-0.2, -0.15) is 0 Å². The van der Waals surface area contributed by atoms with Gasteiger partial charge in [0.25, 0.3) is 5.91 Å². The monoisotopic (exact) mass is 310 g/mol. The number of pyridine rings is 1. The summed E-state index contributed by atoms with van der Waals surface area (Å²) in [7, 11) is 0. The predicted octanol–water partition coefficient (Wildman–Crippen LogP) is 2.85. The molecule has 2 N–H and O–H groups in total. The molecule has 1 aromatic carbocycles. The van der Waals surface area contributed by atoms with Crippen molar-refractivity contribution in [3.05, 3.63) is 63.9 Å². The standard InChI is InChI=1S/C14H12Cl2N2O2/c15-10-6-7-12(16)18-13(10)14(20)17-11(8-19)9-4-2-1-3-5-9/h1-7,11,19H,8H2,(H,17,20)/t11-/m0/s1. The van der Waals surface area contributed by atoms with Crippen LogP contribution in [-0.2, 0) is 0 Å². The van der Waals surface area contributed by atoms with Crippen LogP contribution >= 0.6 is 23.2 Å². The summed E-state index contributed by atoms with van der Waals surface area (Å²) >= 11 is 11.7. The summed E-state index contributed by atoms with van der Waals surface area (Å²) in [6, 6.07) is 11.6. The Labute approximate surface area is 126 Å². The number of carbonyl (C=O) groups is 1. The molecule has 0 bridgehead atoms. The maximum atomic E-state index is 12.1. The third-order valence-corrected chi connectivity index (χ3v) is 3.23. The van der Waals surface area contributed by atoms with Gasteiger partial charge in [0.15, 0.2) is 0 Å². The van der Waals surface area contributed by atoms with E-state index >= 15 is 0 Å². The maximum Gasteiger partial charge on any atom is 0.272 e. The number of hydrogen-bond acceptors (Lipinski definition) is 3. The van der Waals surface area contributed by atoms with E-state index in [1.54, 1.807) is 0 Å². The average Bonchev–Trinajstić information content (AvgIpc) is 2.48. The summed E-state index contributed by atoms with van der Waals surface area (Å²) in [6.07, 6.45) is 0. The summed E-state index contributed by atoms with van der Waals surface area (Å²) in [5.41, 5.74) is 0.829. The van der Waals surface area contributed by atoms with Crippen molar-refractivity contribution in [2.45, 2.75) is 6.04 Å². The highest BCUT2D eigenvalue weighted by atomic mass is 35.5. The van der Waals surface area contributed by atoms with Crippen LogP contribution in [0.2, 0.25) is 10.2 Å². The minimum absolute atomic E-state index is 0.0357. The van der Waals surface area contributed by atoms with E-state index in [9.17, 15) is 9.90 Å². The van der Waals surface area contributed by atoms with Gasteiger partial charge >= 0.3 is 0 Å². The van der Waals surface area contributed by atoms with Gasteiger partial charge in [0.2, 0.25) is 0 Å². The fourth-order valence-electron chi connectivity index (χ4n) is 1.72. The smallest absolute Gasteiger partial charge is 0.272 e. The molecule has 20 heavy (non-hydrogen) atoms. The first-order valence-corrected chi connectivity index (χ1v) is 6.66. The number of nitrogens with zero attached hydrogens (tertiary/aromatic N) is 1. The number of nitrogens with one attached hydrogen (secondary N) is 1. The molecule has 1 atom stereocenters. The van der Waals surface area contributed by atoms with Crippen LogP contribution in [0.25, 0.3) is 0 Å². The van der Waals surface area contributed by atoms with Gasteiger partial charge in [0, 0.05) is 0 Å². The predicted molar refractivity (Wildman–Crippen MR) is 78.0 cm³/mol. The fourth-order valence-corrected chi connectivity index (χ4v) is 2.06. The first-order chi connectivity index (χ1) is 9.61. The molecule has 0 fully saturated rings. The summed E-state index contributed by atoms with van der Waals surface area (Å²) in [6.45, 7) is -0.228.